The Morgan fingerprint density at radius 2 is 0.911 bits per heavy atom. The smallest absolute Gasteiger partial charge is 0.130 e. The monoisotopic (exact) mass is 594 g/mol. The van der Waals surface area contributed by atoms with E-state index in [1.807, 2.05) is 0 Å². The van der Waals surface area contributed by atoms with E-state index in [2.05, 4.69) is 122 Å². The maximum Gasteiger partial charge on any atom is 0.130 e. The molecule has 0 spiro atoms. The van der Waals surface area contributed by atoms with E-state index >= 15 is 0 Å². The second kappa shape index (κ2) is 15.4. The lowest BCUT2D eigenvalue weighted by Crippen LogP contribution is -2.13. The van der Waals surface area contributed by atoms with E-state index in [1.54, 1.807) is 0 Å². The first-order valence-electron chi connectivity index (χ1n) is 17.4. The first kappa shape index (κ1) is 31.2. The summed E-state index contributed by atoms with van der Waals surface area (Å²) >= 11 is 0. The molecule has 2 aliphatic carbocycles. The van der Waals surface area contributed by atoms with Gasteiger partial charge in [-0.1, -0.05) is 97.1 Å². The van der Waals surface area contributed by atoms with Crippen molar-refractivity contribution in [1.82, 2.24) is 0 Å². The first-order valence-corrected chi connectivity index (χ1v) is 17.4. The minimum Gasteiger partial charge on any atom is -0.457 e. The van der Waals surface area contributed by atoms with Crippen molar-refractivity contribution in [3.05, 3.63) is 156 Å². The summed E-state index contributed by atoms with van der Waals surface area (Å²) in [5, 5.41) is 0. The maximum atomic E-state index is 6.95. The van der Waals surface area contributed by atoms with Gasteiger partial charge in [0.25, 0.3) is 0 Å². The minimum absolute atomic E-state index is 0.629. The molecule has 4 aromatic rings. The number of hydrogen-bond acceptors (Lipinski definition) is 1. The van der Waals surface area contributed by atoms with Gasteiger partial charge in [-0.25, -0.2) is 0 Å². The molecule has 0 heterocycles. The van der Waals surface area contributed by atoms with Gasteiger partial charge in [0.2, 0.25) is 0 Å². The van der Waals surface area contributed by atoms with E-state index < -0.39 is 0 Å². The van der Waals surface area contributed by atoms with Gasteiger partial charge in [-0.15, -0.1) is 13.2 Å². The standard InChI is InChI=1S/C44H50O/c1-3-11-33-17-21-37(22-18-33)39-25-27-43(41(31-39)29-35-13-7-5-8-14-35)45-44-28-26-40(38-23-19-34(12-4-2)20-24-38)32-42(44)30-36-15-9-6-10-16-36/h3-10,13-16,25-28,31-34,37-38H,1-2,11-12,17-24,29-30H2/t33-,34-,37-,38-. The van der Waals surface area contributed by atoms with Gasteiger partial charge in [0.1, 0.15) is 11.5 Å². The lowest BCUT2D eigenvalue weighted by Gasteiger charge is -2.29. The summed E-state index contributed by atoms with van der Waals surface area (Å²) in [4.78, 5) is 0. The first-order chi connectivity index (χ1) is 22.2. The number of rotatable bonds is 12. The number of benzene rings is 4. The van der Waals surface area contributed by atoms with Crippen LogP contribution < -0.4 is 4.74 Å². The third-order valence-corrected chi connectivity index (χ3v) is 10.5. The molecule has 0 bridgehead atoms. The molecule has 1 heteroatoms. The Labute approximate surface area is 272 Å². The predicted molar refractivity (Wildman–Crippen MR) is 190 cm³/mol. The van der Waals surface area contributed by atoms with Crippen LogP contribution in [0.4, 0.5) is 0 Å². The quantitative estimate of drug-likeness (QED) is 0.148. The molecule has 0 unspecified atom stereocenters. The molecular formula is C44H50O. The molecule has 4 aromatic carbocycles. The third-order valence-electron chi connectivity index (χ3n) is 10.5. The SMILES string of the molecule is C=CC[C@H]1CC[C@H](c2ccc(Oc3ccc([C@H]4CC[C@H](CC=C)CC4)cc3Cc3ccccc3)c(Cc3ccccc3)c2)CC1. The molecule has 0 aliphatic heterocycles. The second-order valence-electron chi connectivity index (χ2n) is 13.6. The summed E-state index contributed by atoms with van der Waals surface area (Å²) in [6.07, 6.45) is 18.5. The number of hydrogen-bond donors (Lipinski definition) is 0. The number of ether oxygens (including phenoxy) is 1. The zero-order valence-electron chi connectivity index (χ0n) is 27.0. The molecule has 0 aromatic heterocycles. The minimum atomic E-state index is 0.629. The van der Waals surface area contributed by atoms with E-state index in [0.717, 1.165) is 49.0 Å². The van der Waals surface area contributed by atoms with E-state index in [4.69, 9.17) is 4.74 Å². The lowest BCUT2D eigenvalue weighted by atomic mass is 9.77. The highest BCUT2D eigenvalue weighted by molar-refractivity contribution is 5.48. The van der Waals surface area contributed by atoms with Crippen molar-refractivity contribution in [3.63, 3.8) is 0 Å². The Morgan fingerprint density at radius 1 is 0.511 bits per heavy atom. The lowest BCUT2D eigenvalue weighted by molar-refractivity contribution is 0.328. The Hall–Kier alpha value is -3.84. The van der Waals surface area contributed by atoms with Crippen LogP contribution in [0.15, 0.2) is 122 Å². The molecule has 6 rings (SSSR count). The third kappa shape index (κ3) is 8.26. The van der Waals surface area contributed by atoms with Crippen molar-refractivity contribution in [1.29, 1.82) is 0 Å². The van der Waals surface area contributed by atoms with Crippen LogP contribution in [0.1, 0.15) is 109 Å². The van der Waals surface area contributed by atoms with Gasteiger partial charge in [0, 0.05) is 12.8 Å². The summed E-state index contributed by atoms with van der Waals surface area (Å²) in [7, 11) is 0. The van der Waals surface area contributed by atoms with Gasteiger partial charge < -0.3 is 4.74 Å². The van der Waals surface area contributed by atoms with Crippen LogP contribution in [0.25, 0.3) is 0 Å². The summed E-state index contributed by atoms with van der Waals surface area (Å²) < 4.78 is 6.95. The molecule has 1 nitrogen and oxygen atoms in total. The Bertz CT molecular complexity index is 1400. The highest BCUT2D eigenvalue weighted by atomic mass is 16.5. The van der Waals surface area contributed by atoms with E-state index in [9.17, 15) is 0 Å². The molecule has 45 heavy (non-hydrogen) atoms. The number of allylic oxidation sites excluding steroid dienone is 2. The van der Waals surface area contributed by atoms with Gasteiger partial charge in [-0.3, -0.25) is 0 Å². The Kier molecular flexibility index (Phi) is 10.7. The molecule has 2 saturated carbocycles. The van der Waals surface area contributed by atoms with E-state index in [1.165, 1.54) is 84.7 Å². The van der Waals surface area contributed by atoms with E-state index in [0.29, 0.717) is 11.8 Å². The van der Waals surface area contributed by atoms with Gasteiger partial charge in [0.15, 0.2) is 0 Å². The summed E-state index contributed by atoms with van der Waals surface area (Å²) in [6, 6.07) is 35.8. The van der Waals surface area contributed by atoms with Crippen molar-refractivity contribution in [2.24, 2.45) is 11.8 Å². The van der Waals surface area contributed by atoms with Crippen LogP contribution in [0.5, 0.6) is 11.5 Å². The fourth-order valence-electron chi connectivity index (χ4n) is 7.87. The van der Waals surface area contributed by atoms with Crippen LogP contribution >= 0.6 is 0 Å². The topological polar surface area (TPSA) is 9.23 Å². The molecule has 0 atom stereocenters. The van der Waals surface area contributed by atoms with Crippen LogP contribution in [0.3, 0.4) is 0 Å². The Balaban J connectivity index is 1.29. The molecule has 2 fully saturated rings. The zero-order chi connectivity index (χ0) is 30.8. The van der Waals surface area contributed by atoms with Crippen LogP contribution in [0, 0.1) is 11.8 Å². The van der Waals surface area contributed by atoms with Crippen molar-refractivity contribution >= 4 is 0 Å². The highest BCUT2D eigenvalue weighted by Crippen LogP contribution is 2.42. The van der Waals surface area contributed by atoms with Crippen molar-refractivity contribution in [3.8, 4) is 11.5 Å². The van der Waals surface area contributed by atoms with E-state index in [-0.39, 0.29) is 0 Å². The molecule has 0 radical (unpaired) electrons. The zero-order valence-corrected chi connectivity index (χ0v) is 27.0. The van der Waals surface area contributed by atoms with Gasteiger partial charge >= 0.3 is 0 Å². The molecule has 0 amide bonds. The van der Waals surface area contributed by atoms with Crippen LogP contribution in [0.2, 0.25) is 0 Å². The normalized spacial score (nSPS) is 21.6. The average Bonchev–Trinajstić information content (AvgIpc) is 3.08. The summed E-state index contributed by atoms with van der Waals surface area (Å²) in [6.45, 7) is 7.95. The highest BCUT2D eigenvalue weighted by Gasteiger charge is 2.24. The maximum absolute atomic E-state index is 6.95. The molecule has 232 valence electrons. The molecule has 0 saturated heterocycles. The van der Waals surface area contributed by atoms with Gasteiger partial charge in [0.05, 0.1) is 0 Å². The van der Waals surface area contributed by atoms with Gasteiger partial charge in [-0.2, -0.15) is 0 Å². The second-order valence-corrected chi connectivity index (χ2v) is 13.6. The summed E-state index contributed by atoms with van der Waals surface area (Å²) in [5.41, 5.74) is 8.14. The average molecular weight is 595 g/mol. The molecular weight excluding hydrogens is 544 g/mol. The molecule has 0 N–H and O–H groups in total. The summed E-state index contributed by atoms with van der Waals surface area (Å²) in [5.74, 6) is 4.83. The van der Waals surface area contributed by atoms with Crippen molar-refractivity contribution in [2.45, 2.75) is 88.9 Å². The Morgan fingerprint density at radius 3 is 1.29 bits per heavy atom. The van der Waals surface area contributed by atoms with Crippen molar-refractivity contribution < 1.29 is 4.74 Å². The van der Waals surface area contributed by atoms with Gasteiger partial charge in [-0.05, 0) is 133 Å². The van der Waals surface area contributed by atoms with Crippen LogP contribution in [-0.2, 0) is 12.8 Å². The largest absolute Gasteiger partial charge is 0.457 e. The van der Waals surface area contributed by atoms with Crippen molar-refractivity contribution in [2.75, 3.05) is 0 Å². The van der Waals surface area contributed by atoms with Crippen LogP contribution in [-0.4, -0.2) is 0 Å². The predicted octanol–water partition coefficient (Wildman–Crippen LogP) is 12.4. The fourth-order valence-corrected chi connectivity index (χ4v) is 7.87. The molecule has 2 aliphatic rings. The fraction of sp³-hybridized carbons (Fsp3) is 0.364.